The Kier molecular flexibility index (Phi) is 5.28. The minimum Gasteiger partial charge on any atom is -0.302 e. The molecule has 5 nitrogen and oxygen atoms in total. The highest BCUT2D eigenvalue weighted by Gasteiger charge is 2.62. The molecule has 32 heavy (non-hydrogen) atoms. The van der Waals surface area contributed by atoms with Gasteiger partial charge in [0.25, 0.3) is 5.56 Å². The summed E-state index contributed by atoms with van der Waals surface area (Å²) in [5.74, 6) is 0.706. The maximum Gasteiger partial charge on any atom is 0.416 e. The molecule has 0 amide bonds. The molecule has 1 saturated carbocycles. The predicted octanol–water partition coefficient (Wildman–Crippen LogP) is 4.04. The maximum atomic E-state index is 12.9. The molecule has 0 radical (unpaired) electrons. The van der Waals surface area contributed by atoms with Gasteiger partial charge in [0.2, 0.25) is 0 Å². The van der Waals surface area contributed by atoms with Gasteiger partial charge in [-0.2, -0.15) is 13.2 Å². The average Bonchev–Trinajstić information content (AvgIpc) is 3.08. The van der Waals surface area contributed by atoms with E-state index in [4.69, 9.17) is 0 Å². The van der Waals surface area contributed by atoms with Crippen LogP contribution >= 0.6 is 11.3 Å². The summed E-state index contributed by atoms with van der Waals surface area (Å²) in [4.78, 5) is 29.9. The number of hydrogen-bond acceptors (Lipinski definition) is 4. The molecule has 170 valence electrons. The van der Waals surface area contributed by atoms with Crippen molar-refractivity contribution in [1.29, 1.82) is 0 Å². The van der Waals surface area contributed by atoms with E-state index in [-0.39, 0.29) is 16.9 Å². The van der Waals surface area contributed by atoms with E-state index >= 15 is 0 Å². The van der Waals surface area contributed by atoms with E-state index in [1.54, 1.807) is 16.8 Å². The number of nitrogens with zero attached hydrogens (tertiary/aromatic N) is 2. The van der Waals surface area contributed by atoms with Crippen molar-refractivity contribution in [1.82, 2.24) is 14.5 Å². The number of halogens is 3. The number of alkyl halides is 3. The summed E-state index contributed by atoms with van der Waals surface area (Å²) in [6.45, 7) is 3.17. The molecule has 1 saturated heterocycles. The maximum absolute atomic E-state index is 12.9. The summed E-state index contributed by atoms with van der Waals surface area (Å²) in [5.41, 5.74) is -0.721. The SMILES string of the molecule is O=c1[nH]c(=O)n(CCCN2C[C@@H]3C[C@]3([C@H]3C=CC(C(F)(F)F)=CC3)C2)cc1-c1cccs1. The van der Waals surface area contributed by atoms with Crippen molar-refractivity contribution in [3.8, 4) is 10.4 Å². The Bertz CT molecular complexity index is 1180. The number of aryl methyl sites for hydroxylation is 1. The molecule has 0 unspecified atom stereocenters. The third-order valence-electron chi connectivity index (χ3n) is 7.11. The van der Waals surface area contributed by atoms with Gasteiger partial charge in [0, 0.05) is 30.7 Å². The molecule has 0 aromatic carbocycles. The summed E-state index contributed by atoms with van der Waals surface area (Å²) in [5, 5.41) is 1.89. The van der Waals surface area contributed by atoms with Crippen LogP contribution in [0.2, 0.25) is 0 Å². The third kappa shape index (κ3) is 3.92. The van der Waals surface area contributed by atoms with Crippen LogP contribution in [-0.2, 0) is 6.54 Å². The first kappa shape index (κ1) is 21.5. The van der Waals surface area contributed by atoms with Crippen molar-refractivity contribution in [3.63, 3.8) is 0 Å². The van der Waals surface area contributed by atoms with Gasteiger partial charge in [-0.05, 0) is 54.5 Å². The van der Waals surface area contributed by atoms with Crippen molar-refractivity contribution < 1.29 is 13.2 Å². The first-order valence-corrected chi connectivity index (χ1v) is 11.7. The van der Waals surface area contributed by atoms with Gasteiger partial charge in [-0.3, -0.25) is 14.3 Å². The molecule has 2 aliphatic carbocycles. The van der Waals surface area contributed by atoms with Gasteiger partial charge in [-0.1, -0.05) is 24.3 Å². The molecule has 1 aliphatic heterocycles. The summed E-state index contributed by atoms with van der Waals surface area (Å²) in [6, 6.07) is 3.72. The lowest BCUT2D eigenvalue weighted by molar-refractivity contribution is -0.0888. The fraction of sp³-hybridized carbons (Fsp3) is 0.478. The van der Waals surface area contributed by atoms with Crippen LogP contribution < -0.4 is 11.2 Å². The second-order valence-corrected chi connectivity index (χ2v) is 10.0. The van der Waals surface area contributed by atoms with Crippen molar-refractivity contribution in [3.05, 3.63) is 68.3 Å². The first-order valence-electron chi connectivity index (χ1n) is 10.8. The number of aromatic nitrogens is 2. The highest BCUT2D eigenvalue weighted by molar-refractivity contribution is 7.13. The number of allylic oxidation sites excluding steroid dienone is 4. The second kappa shape index (κ2) is 7.88. The predicted molar refractivity (Wildman–Crippen MR) is 118 cm³/mol. The smallest absolute Gasteiger partial charge is 0.302 e. The van der Waals surface area contributed by atoms with Gasteiger partial charge < -0.3 is 4.90 Å². The highest BCUT2D eigenvalue weighted by Crippen LogP contribution is 2.64. The Labute approximate surface area is 186 Å². The normalized spacial score (nSPS) is 27.4. The fourth-order valence-electron chi connectivity index (χ4n) is 5.38. The third-order valence-corrected chi connectivity index (χ3v) is 8.02. The number of likely N-dealkylation sites (tertiary alicyclic amines) is 1. The number of thiophene rings is 1. The monoisotopic (exact) mass is 463 g/mol. The van der Waals surface area contributed by atoms with Gasteiger partial charge in [0.15, 0.2) is 0 Å². The molecule has 2 aromatic rings. The van der Waals surface area contributed by atoms with Crippen LogP contribution in [0.15, 0.2) is 57.1 Å². The van der Waals surface area contributed by atoms with Crippen LogP contribution in [0.4, 0.5) is 13.2 Å². The number of piperidine rings is 1. The molecule has 2 fully saturated rings. The fourth-order valence-corrected chi connectivity index (χ4v) is 6.11. The molecule has 2 aromatic heterocycles. The Hall–Kier alpha value is -2.39. The number of hydrogen-bond donors (Lipinski definition) is 1. The summed E-state index contributed by atoms with van der Waals surface area (Å²) in [7, 11) is 0. The van der Waals surface area contributed by atoms with E-state index in [0.29, 0.717) is 24.4 Å². The Morgan fingerprint density at radius 2 is 2.09 bits per heavy atom. The molecule has 3 heterocycles. The van der Waals surface area contributed by atoms with E-state index in [1.165, 1.54) is 23.5 Å². The van der Waals surface area contributed by atoms with E-state index in [0.717, 1.165) is 37.4 Å². The summed E-state index contributed by atoms with van der Waals surface area (Å²) in [6.07, 6.45) is 4.00. The van der Waals surface area contributed by atoms with Crippen LogP contribution in [0.3, 0.4) is 0 Å². The van der Waals surface area contributed by atoms with Crippen LogP contribution in [0.25, 0.3) is 10.4 Å². The first-order chi connectivity index (χ1) is 15.3. The van der Waals surface area contributed by atoms with Crippen LogP contribution in [0.1, 0.15) is 19.3 Å². The van der Waals surface area contributed by atoms with Gasteiger partial charge in [0.05, 0.1) is 11.1 Å². The molecule has 1 N–H and O–H groups in total. The lowest BCUT2D eigenvalue weighted by Crippen LogP contribution is -2.33. The summed E-state index contributed by atoms with van der Waals surface area (Å²) < 4.78 is 40.2. The van der Waals surface area contributed by atoms with Crippen molar-refractivity contribution >= 4 is 11.3 Å². The van der Waals surface area contributed by atoms with Crippen molar-refractivity contribution in [2.75, 3.05) is 19.6 Å². The standard InChI is InChI=1S/C23H24F3N3O2S/c24-23(25,26)16-6-4-15(5-7-16)22-11-17(22)12-28(14-22)8-2-9-29-13-18(19-3-1-10-32-19)20(30)27-21(29)31/h1,3-4,6-7,10,13,15,17H,2,5,8-9,11-12,14H2,(H,27,30,31)/t15-,17-,22+/m0/s1. The minimum absolute atomic E-state index is 0.102. The number of rotatable bonds is 6. The van der Waals surface area contributed by atoms with Gasteiger partial charge in [0.1, 0.15) is 0 Å². The molecule has 9 heteroatoms. The van der Waals surface area contributed by atoms with E-state index in [1.807, 2.05) is 17.5 Å². The molecular formula is C23H24F3N3O2S. The Morgan fingerprint density at radius 1 is 1.25 bits per heavy atom. The Morgan fingerprint density at radius 3 is 2.78 bits per heavy atom. The van der Waals surface area contributed by atoms with Gasteiger partial charge in [-0.25, -0.2) is 4.79 Å². The van der Waals surface area contributed by atoms with Crippen molar-refractivity contribution in [2.24, 2.45) is 17.3 Å². The van der Waals surface area contributed by atoms with E-state index < -0.39 is 17.4 Å². The topological polar surface area (TPSA) is 58.1 Å². The minimum atomic E-state index is -4.27. The lowest BCUT2D eigenvalue weighted by Gasteiger charge is -2.27. The number of fused-ring (bicyclic) bond motifs is 1. The van der Waals surface area contributed by atoms with Crippen LogP contribution in [-0.4, -0.2) is 40.3 Å². The van der Waals surface area contributed by atoms with Gasteiger partial charge in [-0.15, -0.1) is 11.3 Å². The molecule has 0 bridgehead atoms. The molecule has 0 spiro atoms. The zero-order valence-corrected chi connectivity index (χ0v) is 18.2. The zero-order valence-electron chi connectivity index (χ0n) is 17.4. The quantitative estimate of drug-likeness (QED) is 0.704. The van der Waals surface area contributed by atoms with Gasteiger partial charge >= 0.3 is 11.9 Å². The zero-order chi connectivity index (χ0) is 22.5. The van der Waals surface area contributed by atoms with E-state index in [9.17, 15) is 22.8 Å². The second-order valence-electron chi connectivity index (χ2n) is 9.05. The summed E-state index contributed by atoms with van der Waals surface area (Å²) >= 11 is 1.45. The number of H-pyrrole nitrogens is 1. The highest BCUT2D eigenvalue weighted by atomic mass is 32.1. The largest absolute Gasteiger partial charge is 0.416 e. The Balaban J connectivity index is 1.18. The number of aromatic amines is 1. The van der Waals surface area contributed by atoms with Crippen molar-refractivity contribution in [2.45, 2.75) is 32.0 Å². The van der Waals surface area contributed by atoms with E-state index in [2.05, 4.69) is 9.88 Å². The van der Waals surface area contributed by atoms with Crippen LogP contribution in [0, 0.1) is 17.3 Å². The average molecular weight is 464 g/mol. The molecule has 5 rings (SSSR count). The molecule has 3 atom stereocenters. The molecular weight excluding hydrogens is 439 g/mol. The molecule has 3 aliphatic rings. The van der Waals surface area contributed by atoms with Crippen LogP contribution in [0.5, 0.6) is 0 Å². The lowest BCUT2D eigenvalue weighted by atomic mass is 9.82. The number of nitrogens with one attached hydrogen (secondary N) is 1.